The first-order chi connectivity index (χ1) is 17.7. The van der Waals surface area contributed by atoms with E-state index in [1.165, 1.54) is 9.21 Å². The topological polar surface area (TPSA) is 96.0 Å². The maximum absolute atomic E-state index is 13.5. The van der Waals surface area contributed by atoms with E-state index in [9.17, 15) is 18.0 Å². The number of fused-ring (bicyclic) bond motifs is 1. The Morgan fingerprint density at radius 2 is 1.73 bits per heavy atom. The largest absolute Gasteiger partial charge is 0.477 e. The molecule has 0 saturated carbocycles. The predicted molar refractivity (Wildman–Crippen MR) is 142 cm³/mol. The van der Waals surface area contributed by atoms with Gasteiger partial charge in [0.25, 0.3) is 5.91 Å². The van der Waals surface area contributed by atoms with Crippen LogP contribution in [0.15, 0.2) is 77.7 Å². The Balaban J connectivity index is 1.54. The number of benzene rings is 3. The van der Waals surface area contributed by atoms with Crippen LogP contribution in [0, 0.1) is 13.8 Å². The molecule has 1 atom stereocenters. The molecule has 2 amide bonds. The number of anilines is 1. The van der Waals surface area contributed by atoms with E-state index in [0.717, 1.165) is 11.1 Å². The molecular weight excluding hydrogens is 490 g/mol. The lowest BCUT2D eigenvalue weighted by atomic mass is 10.1. The Hall–Kier alpha value is -3.69. The molecule has 0 aromatic heterocycles. The molecule has 3 aromatic rings. The number of ether oxygens (including phenoxy) is 1. The summed E-state index contributed by atoms with van der Waals surface area (Å²) in [5.41, 5.74) is 2.87. The van der Waals surface area contributed by atoms with Crippen molar-refractivity contribution in [2.75, 3.05) is 24.5 Å². The second kappa shape index (κ2) is 11.1. The average molecular weight is 522 g/mol. The van der Waals surface area contributed by atoms with Crippen molar-refractivity contribution in [1.29, 1.82) is 0 Å². The monoisotopic (exact) mass is 521 g/mol. The van der Waals surface area contributed by atoms with Gasteiger partial charge in [-0.2, -0.15) is 4.31 Å². The Morgan fingerprint density at radius 1 is 1.03 bits per heavy atom. The summed E-state index contributed by atoms with van der Waals surface area (Å²) < 4.78 is 34.0. The van der Waals surface area contributed by atoms with Gasteiger partial charge < -0.3 is 15.0 Å². The summed E-state index contributed by atoms with van der Waals surface area (Å²) >= 11 is 0. The van der Waals surface area contributed by atoms with Crippen LogP contribution in [0.5, 0.6) is 5.75 Å². The second-order valence-corrected chi connectivity index (χ2v) is 10.9. The standard InChI is InChI=1S/C28H31N3O5S/c1-4-30(37(34,35)26-16-20(2)14-15-21(26)3)19-27(32)31-18-25(36-24-13-9-8-12-23(24)31)28(33)29-17-22-10-6-5-7-11-22/h5-16,25H,4,17-19H2,1-3H3,(H,29,33)/t25-/m0/s1. The van der Waals surface area contributed by atoms with Gasteiger partial charge in [0, 0.05) is 13.1 Å². The van der Waals surface area contributed by atoms with Crippen molar-refractivity contribution >= 4 is 27.5 Å². The summed E-state index contributed by atoms with van der Waals surface area (Å²) in [6.07, 6.45) is -0.937. The smallest absolute Gasteiger partial charge is 0.263 e. The van der Waals surface area contributed by atoms with Gasteiger partial charge in [-0.15, -0.1) is 0 Å². The molecule has 0 fully saturated rings. The van der Waals surface area contributed by atoms with E-state index in [1.807, 2.05) is 43.3 Å². The predicted octanol–water partition coefficient (Wildman–Crippen LogP) is 3.42. The van der Waals surface area contributed by atoms with Crippen molar-refractivity contribution < 1.29 is 22.7 Å². The summed E-state index contributed by atoms with van der Waals surface area (Å²) in [5, 5.41) is 2.86. The van der Waals surface area contributed by atoms with Gasteiger partial charge in [-0.05, 0) is 48.7 Å². The van der Waals surface area contributed by atoms with Crippen molar-refractivity contribution in [3.05, 3.63) is 89.5 Å². The van der Waals surface area contributed by atoms with Gasteiger partial charge in [0.2, 0.25) is 15.9 Å². The zero-order valence-electron chi connectivity index (χ0n) is 21.2. The molecule has 0 unspecified atom stereocenters. The molecule has 0 saturated heterocycles. The number of hydrogen-bond acceptors (Lipinski definition) is 5. The molecule has 9 heteroatoms. The number of nitrogens with zero attached hydrogens (tertiary/aromatic N) is 2. The van der Waals surface area contributed by atoms with Gasteiger partial charge >= 0.3 is 0 Å². The average Bonchev–Trinajstić information content (AvgIpc) is 2.91. The van der Waals surface area contributed by atoms with Crippen molar-refractivity contribution in [3.63, 3.8) is 0 Å². The molecular formula is C28H31N3O5S. The van der Waals surface area contributed by atoms with E-state index in [4.69, 9.17) is 4.74 Å². The van der Waals surface area contributed by atoms with Crippen LogP contribution in [0.2, 0.25) is 0 Å². The normalized spacial score (nSPS) is 15.1. The first-order valence-electron chi connectivity index (χ1n) is 12.2. The maximum atomic E-state index is 13.5. The van der Waals surface area contributed by atoms with Crippen LogP contribution in [0.3, 0.4) is 0 Å². The van der Waals surface area contributed by atoms with Crippen molar-refractivity contribution in [2.24, 2.45) is 0 Å². The molecule has 194 valence electrons. The van der Waals surface area contributed by atoms with Gasteiger partial charge in [0.05, 0.1) is 23.7 Å². The lowest BCUT2D eigenvalue weighted by Crippen LogP contribution is -2.53. The highest BCUT2D eigenvalue weighted by Crippen LogP contribution is 2.33. The van der Waals surface area contributed by atoms with E-state index in [2.05, 4.69) is 5.32 Å². The third-order valence-electron chi connectivity index (χ3n) is 6.30. The summed E-state index contributed by atoms with van der Waals surface area (Å²) in [4.78, 5) is 28.1. The molecule has 4 rings (SSSR count). The fraction of sp³-hybridized carbons (Fsp3) is 0.286. The number of amides is 2. The highest BCUT2D eigenvalue weighted by atomic mass is 32.2. The number of likely N-dealkylation sites (N-methyl/N-ethyl adjacent to an activating group) is 1. The molecule has 0 aliphatic carbocycles. The van der Waals surface area contributed by atoms with E-state index in [1.54, 1.807) is 50.2 Å². The molecule has 1 aliphatic heterocycles. The lowest BCUT2D eigenvalue weighted by Gasteiger charge is -2.35. The quantitative estimate of drug-likeness (QED) is 0.490. The fourth-order valence-corrected chi connectivity index (χ4v) is 5.94. The summed E-state index contributed by atoms with van der Waals surface area (Å²) in [6, 6.07) is 21.7. The number of nitrogens with one attached hydrogen (secondary N) is 1. The number of para-hydroxylation sites is 2. The highest BCUT2D eigenvalue weighted by molar-refractivity contribution is 7.89. The van der Waals surface area contributed by atoms with Crippen LogP contribution in [0.1, 0.15) is 23.6 Å². The summed E-state index contributed by atoms with van der Waals surface area (Å²) in [6.45, 7) is 5.31. The van der Waals surface area contributed by atoms with Crippen molar-refractivity contribution in [1.82, 2.24) is 9.62 Å². The first kappa shape index (κ1) is 26.4. The Labute approximate surface area is 217 Å². The molecule has 0 spiro atoms. The molecule has 8 nitrogen and oxygen atoms in total. The summed E-state index contributed by atoms with van der Waals surface area (Å²) in [5.74, 6) is -0.402. The van der Waals surface area contributed by atoms with Crippen LogP contribution in [-0.2, 0) is 26.2 Å². The van der Waals surface area contributed by atoms with Crippen molar-refractivity contribution in [3.8, 4) is 5.75 Å². The summed E-state index contributed by atoms with van der Waals surface area (Å²) in [7, 11) is -3.91. The van der Waals surface area contributed by atoms with Gasteiger partial charge in [0.1, 0.15) is 5.75 Å². The molecule has 1 aliphatic rings. The van der Waals surface area contributed by atoms with Gasteiger partial charge in [0.15, 0.2) is 6.10 Å². The minimum Gasteiger partial charge on any atom is -0.477 e. The first-order valence-corrected chi connectivity index (χ1v) is 13.6. The van der Waals surface area contributed by atoms with Crippen LogP contribution in [-0.4, -0.2) is 50.3 Å². The SMILES string of the molecule is CCN(CC(=O)N1C[C@@H](C(=O)NCc2ccccc2)Oc2ccccc21)S(=O)(=O)c1cc(C)ccc1C. The van der Waals surface area contributed by atoms with Crippen LogP contribution in [0.25, 0.3) is 0 Å². The third kappa shape index (κ3) is 5.84. The van der Waals surface area contributed by atoms with E-state index in [-0.39, 0.29) is 30.4 Å². The van der Waals surface area contributed by atoms with E-state index in [0.29, 0.717) is 23.5 Å². The minimum atomic E-state index is -3.91. The second-order valence-electron chi connectivity index (χ2n) is 8.98. The number of carbonyl (C=O) groups excluding carboxylic acids is 2. The number of aryl methyl sites for hydroxylation is 2. The zero-order chi connectivity index (χ0) is 26.6. The lowest BCUT2D eigenvalue weighted by molar-refractivity contribution is -0.128. The van der Waals surface area contributed by atoms with Gasteiger partial charge in [-0.1, -0.05) is 61.5 Å². The zero-order valence-corrected chi connectivity index (χ0v) is 22.0. The molecule has 3 aromatic carbocycles. The van der Waals surface area contributed by atoms with Gasteiger partial charge in [-0.25, -0.2) is 8.42 Å². The third-order valence-corrected chi connectivity index (χ3v) is 8.37. The highest BCUT2D eigenvalue weighted by Gasteiger charge is 2.36. The van der Waals surface area contributed by atoms with Crippen LogP contribution < -0.4 is 15.0 Å². The maximum Gasteiger partial charge on any atom is 0.263 e. The minimum absolute atomic E-state index is 0.0302. The Bertz CT molecular complexity index is 1390. The van der Waals surface area contributed by atoms with Gasteiger partial charge in [-0.3, -0.25) is 9.59 Å². The van der Waals surface area contributed by atoms with Crippen LogP contribution >= 0.6 is 0 Å². The number of carbonyl (C=O) groups is 2. The molecule has 37 heavy (non-hydrogen) atoms. The number of rotatable bonds is 8. The van der Waals surface area contributed by atoms with Crippen molar-refractivity contribution in [2.45, 2.75) is 38.3 Å². The van der Waals surface area contributed by atoms with Crippen LogP contribution in [0.4, 0.5) is 5.69 Å². The molecule has 1 N–H and O–H groups in total. The fourth-order valence-electron chi connectivity index (χ4n) is 4.23. The number of sulfonamides is 1. The van der Waals surface area contributed by atoms with E-state index >= 15 is 0 Å². The Morgan fingerprint density at radius 3 is 2.46 bits per heavy atom. The molecule has 0 radical (unpaired) electrons. The molecule has 1 heterocycles. The van der Waals surface area contributed by atoms with E-state index < -0.39 is 22.0 Å². The number of hydrogen-bond donors (Lipinski definition) is 1. The molecule has 0 bridgehead atoms. The Kier molecular flexibility index (Phi) is 7.94.